The summed E-state index contributed by atoms with van der Waals surface area (Å²) in [5, 5.41) is 16.5. The van der Waals surface area contributed by atoms with Gasteiger partial charge in [-0.3, -0.25) is 9.48 Å². The fourth-order valence-electron chi connectivity index (χ4n) is 2.34. The molecule has 0 aliphatic heterocycles. The van der Waals surface area contributed by atoms with Crippen LogP contribution < -0.4 is 5.32 Å². The zero-order valence-corrected chi connectivity index (χ0v) is 13.4. The fourth-order valence-corrected chi connectivity index (χ4v) is 2.34. The van der Waals surface area contributed by atoms with E-state index in [2.05, 4.69) is 10.4 Å². The monoisotopic (exact) mass is 319 g/mol. The van der Waals surface area contributed by atoms with E-state index >= 15 is 0 Å². The van der Waals surface area contributed by atoms with Crippen LogP contribution in [0, 0.1) is 11.7 Å². The Kier molecular flexibility index (Phi) is 5.87. The topological polar surface area (TPSA) is 67.2 Å². The van der Waals surface area contributed by atoms with Crippen LogP contribution in [0.5, 0.6) is 0 Å². The van der Waals surface area contributed by atoms with Crippen molar-refractivity contribution in [1.29, 1.82) is 0 Å². The number of benzene rings is 1. The Morgan fingerprint density at radius 1 is 1.30 bits per heavy atom. The van der Waals surface area contributed by atoms with Crippen molar-refractivity contribution in [3.63, 3.8) is 0 Å². The molecule has 0 amide bonds. The molecule has 1 aromatic heterocycles. The molecule has 0 unspecified atom stereocenters. The number of rotatable bonds is 8. The number of hydrogen-bond acceptors (Lipinski definition) is 3. The molecular weight excluding hydrogens is 297 g/mol. The third-order valence-electron chi connectivity index (χ3n) is 3.50. The summed E-state index contributed by atoms with van der Waals surface area (Å²) in [7, 11) is 0. The Morgan fingerprint density at radius 3 is 2.61 bits per heavy atom. The highest BCUT2D eigenvalue weighted by atomic mass is 19.1. The maximum Gasteiger partial charge on any atom is 0.320 e. The minimum Gasteiger partial charge on any atom is -0.480 e. The average molecular weight is 319 g/mol. The van der Waals surface area contributed by atoms with Gasteiger partial charge in [0.2, 0.25) is 0 Å². The predicted octanol–water partition coefficient (Wildman–Crippen LogP) is 2.66. The van der Waals surface area contributed by atoms with E-state index in [0.29, 0.717) is 25.4 Å². The van der Waals surface area contributed by atoms with Gasteiger partial charge in [-0.25, -0.2) is 4.39 Å². The molecule has 1 atom stereocenters. The lowest BCUT2D eigenvalue weighted by Crippen LogP contribution is -2.37. The van der Waals surface area contributed by atoms with Crippen molar-refractivity contribution in [3.8, 4) is 0 Å². The number of carbonyl (C=O) groups is 1. The van der Waals surface area contributed by atoms with Crippen molar-refractivity contribution >= 4 is 5.97 Å². The zero-order valence-electron chi connectivity index (χ0n) is 13.4. The molecule has 0 radical (unpaired) electrons. The van der Waals surface area contributed by atoms with E-state index in [9.17, 15) is 14.3 Å². The van der Waals surface area contributed by atoms with Gasteiger partial charge in [0.25, 0.3) is 0 Å². The van der Waals surface area contributed by atoms with E-state index in [1.54, 1.807) is 23.0 Å². The molecule has 2 N–H and O–H groups in total. The summed E-state index contributed by atoms with van der Waals surface area (Å²) in [6.45, 7) is 5.00. The van der Waals surface area contributed by atoms with Gasteiger partial charge in [-0.1, -0.05) is 26.0 Å². The lowest BCUT2D eigenvalue weighted by Gasteiger charge is -2.15. The number of hydrogen-bond donors (Lipinski definition) is 2. The van der Waals surface area contributed by atoms with Crippen molar-refractivity contribution in [2.75, 3.05) is 0 Å². The number of aliphatic carboxylic acids is 1. The van der Waals surface area contributed by atoms with Gasteiger partial charge in [0.15, 0.2) is 0 Å². The molecule has 5 nitrogen and oxygen atoms in total. The number of carboxylic acids is 1. The molecule has 0 saturated carbocycles. The molecular formula is C17H22FN3O2. The first-order valence-electron chi connectivity index (χ1n) is 7.66. The van der Waals surface area contributed by atoms with Crippen molar-refractivity contribution in [2.24, 2.45) is 5.92 Å². The highest BCUT2D eigenvalue weighted by Crippen LogP contribution is 2.08. The molecule has 6 heteroatoms. The second-order valence-corrected chi connectivity index (χ2v) is 6.07. The van der Waals surface area contributed by atoms with Gasteiger partial charge in [0.05, 0.1) is 12.7 Å². The summed E-state index contributed by atoms with van der Waals surface area (Å²) in [5.41, 5.74) is 1.87. The largest absolute Gasteiger partial charge is 0.480 e. The maximum absolute atomic E-state index is 12.9. The summed E-state index contributed by atoms with van der Waals surface area (Å²) < 4.78 is 14.6. The van der Waals surface area contributed by atoms with Crippen LogP contribution in [0.25, 0.3) is 0 Å². The van der Waals surface area contributed by atoms with Crippen molar-refractivity contribution in [1.82, 2.24) is 15.1 Å². The Morgan fingerprint density at radius 2 is 2.00 bits per heavy atom. The molecule has 0 saturated heterocycles. The minimum atomic E-state index is -0.836. The lowest BCUT2D eigenvalue weighted by atomic mass is 10.0. The van der Waals surface area contributed by atoms with E-state index in [0.717, 1.165) is 11.1 Å². The number of aromatic nitrogens is 2. The Labute approximate surface area is 135 Å². The van der Waals surface area contributed by atoms with Crippen molar-refractivity contribution in [3.05, 3.63) is 53.6 Å². The van der Waals surface area contributed by atoms with E-state index in [1.807, 2.05) is 20.0 Å². The lowest BCUT2D eigenvalue weighted by molar-refractivity contribution is -0.140. The highest BCUT2D eigenvalue weighted by molar-refractivity contribution is 5.73. The smallest absolute Gasteiger partial charge is 0.320 e. The molecule has 0 bridgehead atoms. The molecule has 2 rings (SSSR count). The average Bonchev–Trinajstić information content (AvgIpc) is 2.93. The summed E-state index contributed by atoms with van der Waals surface area (Å²) >= 11 is 0. The van der Waals surface area contributed by atoms with E-state index in [1.165, 1.54) is 12.1 Å². The van der Waals surface area contributed by atoms with Crippen molar-refractivity contribution in [2.45, 2.75) is 39.4 Å². The van der Waals surface area contributed by atoms with Crippen LogP contribution in [-0.4, -0.2) is 26.9 Å². The number of nitrogens with zero attached hydrogens (tertiary/aromatic N) is 2. The summed E-state index contributed by atoms with van der Waals surface area (Å²) in [5.74, 6) is -0.786. The maximum atomic E-state index is 12.9. The summed E-state index contributed by atoms with van der Waals surface area (Å²) in [4.78, 5) is 11.2. The standard InChI is InChI=1S/C17H22FN3O2/c1-12(2)7-16(17(22)23)19-8-14-9-20-21(11-14)10-13-3-5-15(18)6-4-13/h3-6,9,11-12,16,19H,7-8,10H2,1-2H3,(H,22,23)/t16-/m1/s1. The molecule has 0 spiro atoms. The summed E-state index contributed by atoms with van der Waals surface area (Å²) in [6, 6.07) is 5.72. The molecule has 0 aliphatic carbocycles. The number of halogens is 1. The van der Waals surface area contributed by atoms with Crippen LogP contribution in [0.1, 0.15) is 31.4 Å². The molecule has 0 aliphatic rings. The van der Waals surface area contributed by atoms with Crippen LogP contribution in [0.2, 0.25) is 0 Å². The first kappa shape index (κ1) is 17.1. The van der Waals surface area contributed by atoms with Gasteiger partial charge in [0, 0.05) is 18.3 Å². The van der Waals surface area contributed by atoms with Crippen LogP contribution in [0.4, 0.5) is 4.39 Å². The third kappa shape index (κ3) is 5.49. The van der Waals surface area contributed by atoms with Gasteiger partial charge >= 0.3 is 5.97 Å². The SMILES string of the molecule is CC(C)C[C@@H](NCc1cnn(Cc2ccc(F)cc2)c1)C(=O)O. The van der Waals surface area contributed by atoms with Gasteiger partial charge < -0.3 is 10.4 Å². The molecule has 124 valence electrons. The second kappa shape index (κ2) is 7.87. The van der Waals surface area contributed by atoms with Gasteiger partial charge in [-0.15, -0.1) is 0 Å². The van der Waals surface area contributed by atoms with Crippen LogP contribution in [-0.2, 0) is 17.9 Å². The molecule has 23 heavy (non-hydrogen) atoms. The first-order chi connectivity index (χ1) is 10.9. The Hall–Kier alpha value is -2.21. The quantitative estimate of drug-likeness (QED) is 0.785. The van der Waals surface area contributed by atoms with Crippen LogP contribution in [0.3, 0.4) is 0 Å². The summed E-state index contributed by atoms with van der Waals surface area (Å²) in [6.07, 6.45) is 4.16. The van der Waals surface area contributed by atoms with Crippen LogP contribution >= 0.6 is 0 Å². The number of carboxylic acid groups (broad SMARTS) is 1. The number of nitrogens with one attached hydrogen (secondary N) is 1. The van der Waals surface area contributed by atoms with E-state index in [-0.39, 0.29) is 5.82 Å². The normalized spacial score (nSPS) is 12.5. The van der Waals surface area contributed by atoms with E-state index in [4.69, 9.17) is 0 Å². The molecule has 1 heterocycles. The zero-order chi connectivity index (χ0) is 16.8. The minimum absolute atomic E-state index is 0.260. The van der Waals surface area contributed by atoms with Gasteiger partial charge in [0.1, 0.15) is 11.9 Å². The molecule has 0 fully saturated rings. The fraction of sp³-hybridized carbons (Fsp3) is 0.412. The Bertz CT molecular complexity index is 638. The third-order valence-corrected chi connectivity index (χ3v) is 3.50. The first-order valence-corrected chi connectivity index (χ1v) is 7.66. The van der Waals surface area contributed by atoms with Gasteiger partial charge in [-0.2, -0.15) is 5.10 Å². The molecule has 1 aromatic carbocycles. The van der Waals surface area contributed by atoms with Crippen LogP contribution in [0.15, 0.2) is 36.7 Å². The van der Waals surface area contributed by atoms with E-state index < -0.39 is 12.0 Å². The predicted molar refractivity (Wildman–Crippen MR) is 85.4 cm³/mol. The van der Waals surface area contributed by atoms with Gasteiger partial charge in [-0.05, 0) is 30.0 Å². The highest BCUT2D eigenvalue weighted by Gasteiger charge is 2.18. The molecule has 2 aromatic rings. The van der Waals surface area contributed by atoms with Crippen molar-refractivity contribution < 1.29 is 14.3 Å². The second-order valence-electron chi connectivity index (χ2n) is 6.07. The Balaban J connectivity index is 1.91.